The van der Waals surface area contributed by atoms with E-state index in [1.807, 2.05) is 20.8 Å². The minimum absolute atomic E-state index is 0.120. The largest absolute Gasteiger partial charge is 0.494 e. The van der Waals surface area contributed by atoms with Crippen LogP contribution in [-0.4, -0.2) is 12.4 Å². The van der Waals surface area contributed by atoms with Gasteiger partial charge in [-0.15, -0.1) is 0 Å². The summed E-state index contributed by atoms with van der Waals surface area (Å²) in [7, 11) is 0. The van der Waals surface area contributed by atoms with Crippen LogP contribution in [0.4, 0.5) is 4.39 Å². The molecule has 118 valence electrons. The van der Waals surface area contributed by atoms with Crippen molar-refractivity contribution in [3.63, 3.8) is 0 Å². The van der Waals surface area contributed by atoms with E-state index < -0.39 is 0 Å². The molecule has 0 heterocycles. The van der Waals surface area contributed by atoms with Crippen LogP contribution in [0.1, 0.15) is 58.4 Å². The van der Waals surface area contributed by atoms with E-state index >= 15 is 0 Å². The van der Waals surface area contributed by atoms with Crippen LogP contribution < -0.4 is 4.74 Å². The number of carbonyl (C=O) groups excluding carboxylic acids is 1. The third-order valence-electron chi connectivity index (χ3n) is 3.50. The van der Waals surface area contributed by atoms with Crippen molar-refractivity contribution in [2.24, 2.45) is 5.92 Å². The van der Waals surface area contributed by atoms with Gasteiger partial charge in [0, 0.05) is 12.3 Å². The van der Waals surface area contributed by atoms with Crippen LogP contribution in [0, 0.1) is 11.7 Å². The maximum absolute atomic E-state index is 13.7. The lowest BCUT2D eigenvalue weighted by Gasteiger charge is -2.08. The number of halogens is 1. The topological polar surface area (TPSA) is 26.3 Å². The molecular weight excluding hydrogens is 267 g/mol. The molecule has 1 aromatic carbocycles. The number of aryl methyl sites for hydroxylation is 1. The van der Waals surface area contributed by atoms with Gasteiger partial charge < -0.3 is 4.74 Å². The predicted molar refractivity (Wildman–Crippen MR) is 84.2 cm³/mol. The lowest BCUT2D eigenvalue weighted by molar-refractivity contribution is -0.122. The van der Waals surface area contributed by atoms with E-state index in [4.69, 9.17) is 4.74 Å². The summed E-state index contributed by atoms with van der Waals surface area (Å²) >= 11 is 0. The molecule has 0 bridgehead atoms. The number of hydrogen-bond donors (Lipinski definition) is 0. The van der Waals surface area contributed by atoms with Gasteiger partial charge in [-0.2, -0.15) is 0 Å². The fourth-order valence-electron chi connectivity index (χ4n) is 2.13. The molecule has 0 aliphatic heterocycles. The Labute approximate surface area is 127 Å². The quantitative estimate of drug-likeness (QED) is 0.571. The predicted octanol–water partition coefficient (Wildman–Crippen LogP) is 4.94. The molecule has 0 N–H and O–H groups in total. The minimum atomic E-state index is -0.169. The van der Waals surface area contributed by atoms with Crippen LogP contribution in [0.25, 0.3) is 0 Å². The molecule has 0 spiro atoms. The first-order chi connectivity index (χ1) is 10.0. The molecule has 0 aliphatic rings. The maximum atomic E-state index is 13.7. The fourth-order valence-corrected chi connectivity index (χ4v) is 2.13. The van der Waals surface area contributed by atoms with Gasteiger partial charge in [-0.3, -0.25) is 4.79 Å². The number of carbonyl (C=O) groups is 1. The highest BCUT2D eigenvalue weighted by Crippen LogP contribution is 2.19. The zero-order chi connectivity index (χ0) is 15.7. The molecule has 0 aromatic heterocycles. The molecule has 0 aliphatic carbocycles. The lowest BCUT2D eigenvalue weighted by Crippen LogP contribution is -2.06. The molecule has 0 unspecified atom stereocenters. The first-order valence-corrected chi connectivity index (χ1v) is 7.98. The van der Waals surface area contributed by atoms with Gasteiger partial charge in [0.1, 0.15) is 17.3 Å². The Morgan fingerprint density at radius 2 is 2.00 bits per heavy atom. The third-order valence-corrected chi connectivity index (χ3v) is 3.50. The van der Waals surface area contributed by atoms with Crippen molar-refractivity contribution in [3.8, 4) is 5.75 Å². The first-order valence-electron chi connectivity index (χ1n) is 7.98. The van der Waals surface area contributed by atoms with Crippen molar-refractivity contribution in [1.29, 1.82) is 0 Å². The van der Waals surface area contributed by atoms with Crippen LogP contribution in [0.2, 0.25) is 0 Å². The van der Waals surface area contributed by atoms with Crippen molar-refractivity contribution in [3.05, 3.63) is 29.6 Å². The molecule has 3 heteroatoms. The van der Waals surface area contributed by atoms with Crippen LogP contribution in [0.15, 0.2) is 18.2 Å². The highest BCUT2D eigenvalue weighted by atomic mass is 19.1. The van der Waals surface area contributed by atoms with E-state index in [2.05, 4.69) is 0 Å². The molecule has 0 radical (unpaired) electrons. The highest BCUT2D eigenvalue weighted by Gasteiger charge is 2.07. The van der Waals surface area contributed by atoms with Crippen LogP contribution >= 0.6 is 0 Å². The number of benzene rings is 1. The van der Waals surface area contributed by atoms with Gasteiger partial charge in [0.15, 0.2) is 0 Å². The first kappa shape index (κ1) is 17.7. The van der Waals surface area contributed by atoms with Gasteiger partial charge in [-0.1, -0.05) is 27.2 Å². The van der Waals surface area contributed by atoms with Crippen LogP contribution in [-0.2, 0) is 11.2 Å². The Bertz CT molecular complexity index is 441. The molecule has 1 aromatic rings. The molecule has 0 amide bonds. The Morgan fingerprint density at radius 3 is 2.67 bits per heavy atom. The number of unbranched alkanes of at least 4 members (excludes halogenated alkanes) is 2. The van der Waals surface area contributed by atoms with Gasteiger partial charge in [0.25, 0.3) is 0 Å². The molecule has 1 rings (SSSR count). The highest BCUT2D eigenvalue weighted by molar-refractivity contribution is 5.80. The number of hydrogen-bond acceptors (Lipinski definition) is 2. The van der Waals surface area contributed by atoms with Gasteiger partial charge in [-0.05, 0) is 49.4 Å². The zero-order valence-corrected chi connectivity index (χ0v) is 13.5. The van der Waals surface area contributed by atoms with E-state index in [-0.39, 0.29) is 11.7 Å². The summed E-state index contributed by atoms with van der Waals surface area (Å²) in [6.07, 6.45) is 5.03. The number of ether oxygens (including phenoxy) is 1. The van der Waals surface area contributed by atoms with Gasteiger partial charge >= 0.3 is 0 Å². The van der Waals surface area contributed by atoms with E-state index in [1.165, 1.54) is 6.07 Å². The van der Waals surface area contributed by atoms with Crippen molar-refractivity contribution >= 4 is 5.78 Å². The Kier molecular flexibility index (Phi) is 8.03. The molecule has 0 saturated carbocycles. The summed E-state index contributed by atoms with van der Waals surface area (Å²) in [5.74, 6) is 1.01. The maximum Gasteiger partial charge on any atom is 0.135 e. The summed E-state index contributed by atoms with van der Waals surface area (Å²) in [4.78, 5) is 11.5. The Balaban J connectivity index is 2.35. The second-order valence-corrected chi connectivity index (χ2v) is 5.78. The average molecular weight is 294 g/mol. The molecule has 0 atom stereocenters. The molecule has 2 nitrogen and oxygen atoms in total. The smallest absolute Gasteiger partial charge is 0.135 e. The zero-order valence-electron chi connectivity index (χ0n) is 13.5. The number of ketones is 1. The van der Waals surface area contributed by atoms with Crippen molar-refractivity contribution in [2.75, 3.05) is 6.61 Å². The van der Waals surface area contributed by atoms with Crippen molar-refractivity contribution < 1.29 is 13.9 Å². The third kappa shape index (κ3) is 6.74. The normalized spacial score (nSPS) is 10.9. The van der Waals surface area contributed by atoms with Gasteiger partial charge in [-0.25, -0.2) is 4.39 Å². The Morgan fingerprint density at radius 1 is 1.24 bits per heavy atom. The van der Waals surface area contributed by atoms with E-state index in [0.29, 0.717) is 30.8 Å². The monoisotopic (exact) mass is 294 g/mol. The summed E-state index contributed by atoms with van der Waals surface area (Å²) in [6, 6.07) is 4.95. The second kappa shape index (κ2) is 9.54. The average Bonchev–Trinajstić information content (AvgIpc) is 2.46. The molecule has 0 saturated heterocycles. The van der Waals surface area contributed by atoms with E-state index in [1.54, 1.807) is 12.1 Å². The number of rotatable bonds is 10. The fraction of sp³-hybridized carbons (Fsp3) is 0.611. The second-order valence-electron chi connectivity index (χ2n) is 5.78. The van der Waals surface area contributed by atoms with Gasteiger partial charge in [0.05, 0.1) is 6.61 Å². The van der Waals surface area contributed by atoms with Crippen LogP contribution in [0.5, 0.6) is 5.75 Å². The van der Waals surface area contributed by atoms with E-state index in [0.717, 1.165) is 31.4 Å². The summed E-state index contributed by atoms with van der Waals surface area (Å²) in [5, 5.41) is 0. The van der Waals surface area contributed by atoms with Gasteiger partial charge in [0.2, 0.25) is 0 Å². The SMILES string of the molecule is CCCOc1ccc(F)c(CCCCCC(=O)C(C)C)c1. The summed E-state index contributed by atoms with van der Waals surface area (Å²) in [5.41, 5.74) is 0.707. The Hall–Kier alpha value is -1.38. The molecular formula is C18H27FO2. The summed E-state index contributed by atoms with van der Waals surface area (Å²) < 4.78 is 19.3. The lowest BCUT2D eigenvalue weighted by atomic mass is 10.0. The molecule has 21 heavy (non-hydrogen) atoms. The number of Topliss-reactive ketones (excluding diaryl/α,β-unsaturated/α-hetero) is 1. The van der Waals surface area contributed by atoms with Crippen LogP contribution in [0.3, 0.4) is 0 Å². The van der Waals surface area contributed by atoms with E-state index in [9.17, 15) is 9.18 Å². The minimum Gasteiger partial charge on any atom is -0.494 e. The standard InChI is InChI=1S/C18H27FO2/c1-4-12-21-16-10-11-17(19)15(13-16)8-6-5-7-9-18(20)14(2)3/h10-11,13-14H,4-9,12H2,1-3H3. The summed E-state index contributed by atoms with van der Waals surface area (Å²) in [6.45, 7) is 6.56. The van der Waals surface area contributed by atoms with Crippen molar-refractivity contribution in [2.45, 2.75) is 59.3 Å². The van der Waals surface area contributed by atoms with Crippen molar-refractivity contribution in [1.82, 2.24) is 0 Å². The molecule has 0 fully saturated rings.